The highest BCUT2D eigenvalue weighted by Gasteiger charge is 2.21. The molecule has 9 heteroatoms. The summed E-state index contributed by atoms with van der Waals surface area (Å²) in [5, 5.41) is 6.71. The van der Waals surface area contributed by atoms with Crippen LogP contribution in [0.5, 0.6) is 0 Å². The summed E-state index contributed by atoms with van der Waals surface area (Å²) in [6.45, 7) is 15.7. The van der Waals surface area contributed by atoms with Gasteiger partial charge in [0.15, 0.2) is 5.96 Å². The summed E-state index contributed by atoms with van der Waals surface area (Å²) in [4.78, 5) is 7.00. The Bertz CT molecular complexity index is 516. The molecule has 0 bridgehead atoms. The molecule has 0 unspecified atom stereocenters. The van der Waals surface area contributed by atoms with Gasteiger partial charge < -0.3 is 15.5 Å². The molecule has 2 N–H and O–H groups in total. The lowest BCUT2D eigenvalue weighted by molar-refractivity contribution is 0.187. The number of likely N-dealkylation sites (tertiary alicyclic amines) is 1. The molecule has 7 nitrogen and oxygen atoms in total. The van der Waals surface area contributed by atoms with Crippen molar-refractivity contribution in [2.45, 2.75) is 53.5 Å². The third-order valence-corrected chi connectivity index (χ3v) is 6.62. The summed E-state index contributed by atoms with van der Waals surface area (Å²) >= 11 is 0. The van der Waals surface area contributed by atoms with Crippen LogP contribution >= 0.6 is 24.0 Å². The molecule has 0 atom stereocenters. The van der Waals surface area contributed by atoms with E-state index in [9.17, 15) is 8.42 Å². The fraction of sp³-hybridized carbons (Fsp3) is 0.944. The average molecular weight is 518 g/mol. The first-order valence-electron chi connectivity index (χ1n) is 10.1. The van der Waals surface area contributed by atoms with Gasteiger partial charge >= 0.3 is 0 Å². The Morgan fingerprint density at radius 2 is 1.78 bits per heavy atom. The molecule has 0 aromatic rings. The van der Waals surface area contributed by atoms with Crippen LogP contribution in [0.1, 0.15) is 47.5 Å². The van der Waals surface area contributed by atoms with Gasteiger partial charge in [-0.1, -0.05) is 27.7 Å². The number of nitrogens with zero attached hydrogens (tertiary/aromatic N) is 3. The second-order valence-electron chi connectivity index (χ2n) is 7.27. The van der Waals surface area contributed by atoms with Crippen molar-refractivity contribution in [3.63, 3.8) is 0 Å². The monoisotopic (exact) mass is 517 g/mol. The molecular formula is C18H40IN5O2S. The zero-order chi connectivity index (χ0) is 19.6. The molecule has 1 heterocycles. The summed E-state index contributed by atoms with van der Waals surface area (Å²) in [5.74, 6) is 1.48. The van der Waals surface area contributed by atoms with Crippen molar-refractivity contribution in [2.75, 3.05) is 51.6 Å². The Morgan fingerprint density at radius 3 is 2.26 bits per heavy atom. The Morgan fingerprint density at radius 1 is 1.19 bits per heavy atom. The average Bonchev–Trinajstić information content (AvgIpc) is 2.57. The van der Waals surface area contributed by atoms with Gasteiger partial charge in [-0.15, -0.1) is 24.0 Å². The molecule has 0 amide bonds. The predicted molar refractivity (Wildman–Crippen MR) is 126 cm³/mol. The fourth-order valence-corrected chi connectivity index (χ4v) is 4.68. The largest absolute Gasteiger partial charge is 0.357 e. The topological polar surface area (TPSA) is 77.0 Å². The SMILES string of the molecule is CCNC(=NCCS(=O)(=O)N(CC)CC)NC1CCN(CC(C)C)CC1.I. The first-order chi connectivity index (χ1) is 12.3. The van der Waals surface area contributed by atoms with Gasteiger partial charge in [0.25, 0.3) is 0 Å². The van der Waals surface area contributed by atoms with Gasteiger partial charge in [-0.3, -0.25) is 4.99 Å². The molecule has 1 fully saturated rings. The van der Waals surface area contributed by atoms with Gasteiger partial charge in [-0.05, 0) is 25.7 Å². The van der Waals surface area contributed by atoms with Crippen LogP contribution in [0.4, 0.5) is 0 Å². The summed E-state index contributed by atoms with van der Waals surface area (Å²) in [5.41, 5.74) is 0. The lowest BCUT2D eigenvalue weighted by Crippen LogP contribution is -2.49. The number of guanidine groups is 1. The van der Waals surface area contributed by atoms with E-state index in [1.165, 1.54) is 4.31 Å². The zero-order valence-electron chi connectivity index (χ0n) is 17.7. The van der Waals surface area contributed by atoms with E-state index in [4.69, 9.17) is 0 Å². The van der Waals surface area contributed by atoms with Crippen LogP contribution in [0, 0.1) is 5.92 Å². The molecular weight excluding hydrogens is 477 g/mol. The first-order valence-corrected chi connectivity index (χ1v) is 11.7. The number of hydrogen-bond acceptors (Lipinski definition) is 4. The van der Waals surface area contributed by atoms with E-state index < -0.39 is 10.0 Å². The molecule has 27 heavy (non-hydrogen) atoms. The summed E-state index contributed by atoms with van der Waals surface area (Å²) in [7, 11) is -3.22. The van der Waals surface area contributed by atoms with Gasteiger partial charge in [-0.25, -0.2) is 12.7 Å². The number of halogens is 1. The van der Waals surface area contributed by atoms with E-state index in [2.05, 4.69) is 34.4 Å². The minimum atomic E-state index is -3.22. The zero-order valence-corrected chi connectivity index (χ0v) is 20.8. The lowest BCUT2D eigenvalue weighted by Gasteiger charge is -2.34. The number of aliphatic imine (C=N–C) groups is 1. The molecule has 0 saturated carbocycles. The molecule has 0 spiro atoms. The van der Waals surface area contributed by atoms with E-state index in [0.717, 1.165) is 45.0 Å². The minimum Gasteiger partial charge on any atom is -0.357 e. The second kappa shape index (κ2) is 13.9. The van der Waals surface area contributed by atoms with Crippen molar-refractivity contribution in [3.8, 4) is 0 Å². The highest BCUT2D eigenvalue weighted by molar-refractivity contribution is 14.0. The third-order valence-electron chi connectivity index (χ3n) is 4.61. The van der Waals surface area contributed by atoms with Crippen LogP contribution in [0.15, 0.2) is 4.99 Å². The van der Waals surface area contributed by atoms with Crippen LogP contribution in [0.3, 0.4) is 0 Å². The fourth-order valence-electron chi connectivity index (χ4n) is 3.31. The Labute approximate surface area is 183 Å². The molecule has 162 valence electrons. The van der Waals surface area contributed by atoms with Gasteiger partial charge in [0.05, 0.1) is 12.3 Å². The summed E-state index contributed by atoms with van der Waals surface area (Å²) in [6, 6.07) is 0.399. The quantitative estimate of drug-likeness (QED) is 0.263. The maximum Gasteiger partial charge on any atom is 0.215 e. The Kier molecular flexibility index (Phi) is 13.9. The molecule has 1 aliphatic heterocycles. The Hall–Kier alpha value is -0.130. The smallest absolute Gasteiger partial charge is 0.215 e. The van der Waals surface area contributed by atoms with Crippen molar-refractivity contribution in [3.05, 3.63) is 0 Å². The van der Waals surface area contributed by atoms with Crippen LogP contribution in [-0.2, 0) is 10.0 Å². The van der Waals surface area contributed by atoms with E-state index in [1.54, 1.807) is 0 Å². The molecule has 1 saturated heterocycles. The van der Waals surface area contributed by atoms with E-state index in [-0.39, 0.29) is 36.3 Å². The number of rotatable bonds is 10. The molecule has 0 aromatic carbocycles. The molecule has 0 radical (unpaired) electrons. The Balaban J connectivity index is 0.00000676. The standard InChI is InChI=1S/C18H39N5O2S.HI/c1-6-19-18(20-11-14-26(24,25)23(7-2)8-3)21-17-9-12-22(13-10-17)15-16(4)5;/h16-17H,6-15H2,1-5H3,(H2,19,20,21);1H. The van der Waals surface area contributed by atoms with Crippen molar-refractivity contribution >= 4 is 40.0 Å². The second-order valence-corrected chi connectivity index (χ2v) is 9.36. The van der Waals surface area contributed by atoms with Gasteiger partial charge in [0.1, 0.15) is 0 Å². The van der Waals surface area contributed by atoms with Crippen molar-refractivity contribution in [1.29, 1.82) is 0 Å². The summed E-state index contributed by atoms with van der Waals surface area (Å²) in [6.07, 6.45) is 2.18. The number of sulfonamides is 1. The predicted octanol–water partition coefficient (Wildman–Crippen LogP) is 1.95. The lowest BCUT2D eigenvalue weighted by atomic mass is 10.0. The van der Waals surface area contributed by atoms with Gasteiger partial charge in [0, 0.05) is 45.3 Å². The molecule has 0 aliphatic carbocycles. The van der Waals surface area contributed by atoms with E-state index in [0.29, 0.717) is 25.0 Å². The number of nitrogens with one attached hydrogen (secondary N) is 2. The van der Waals surface area contributed by atoms with E-state index >= 15 is 0 Å². The van der Waals surface area contributed by atoms with Crippen LogP contribution < -0.4 is 10.6 Å². The highest BCUT2D eigenvalue weighted by Crippen LogP contribution is 2.12. The number of hydrogen-bond donors (Lipinski definition) is 2. The van der Waals surface area contributed by atoms with Gasteiger partial charge in [0.2, 0.25) is 10.0 Å². The normalized spacial score (nSPS) is 17.2. The van der Waals surface area contributed by atoms with Crippen molar-refractivity contribution in [1.82, 2.24) is 19.8 Å². The first kappa shape index (κ1) is 26.9. The van der Waals surface area contributed by atoms with Crippen molar-refractivity contribution in [2.24, 2.45) is 10.9 Å². The maximum absolute atomic E-state index is 12.3. The van der Waals surface area contributed by atoms with Gasteiger partial charge in [-0.2, -0.15) is 0 Å². The third kappa shape index (κ3) is 10.3. The van der Waals surface area contributed by atoms with Crippen molar-refractivity contribution < 1.29 is 8.42 Å². The molecule has 1 aliphatic rings. The molecule has 1 rings (SSSR count). The maximum atomic E-state index is 12.3. The summed E-state index contributed by atoms with van der Waals surface area (Å²) < 4.78 is 26.0. The van der Waals surface area contributed by atoms with Crippen LogP contribution in [-0.4, -0.2) is 81.2 Å². The highest BCUT2D eigenvalue weighted by atomic mass is 127. The van der Waals surface area contributed by atoms with Crippen LogP contribution in [0.2, 0.25) is 0 Å². The van der Waals surface area contributed by atoms with Crippen LogP contribution in [0.25, 0.3) is 0 Å². The number of piperidine rings is 1. The van der Waals surface area contributed by atoms with E-state index in [1.807, 2.05) is 20.8 Å². The molecule has 0 aromatic heterocycles. The minimum absolute atomic E-state index is 0.